The first kappa shape index (κ1) is 9.81. The van der Waals surface area contributed by atoms with Crippen molar-refractivity contribution >= 4 is 18.4 Å². The highest BCUT2D eigenvalue weighted by Crippen LogP contribution is 2.50. The molecule has 0 bridgehead atoms. The minimum atomic E-state index is -0.0515. The van der Waals surface area contributed by atoms with Crippen molar-refractivity contribution in [3.05, 3.63) is 0 Å². The molecule has 0 radical (unpaired) electrons. The smallest absolute Gasteiger partial charge is 0.305 e. The first-order valence-electron chi connectivity index (χ1n) is 4.10. The number of methoxy groups -OCH3 is 1. The van der Waals surface area contributed by atoms with Gasteiger partial charge in [-0.1, -0.05) is 0 Å². The summed E-state index contributed by atoms with van der Waals surface area (Å²) in [4.78, 5) is 10.9. The summed E-state index contributed by atoms with van der Waals surface area (Å²) in [6.45, 7) is 2.21. The van der Waals surface area contributed by atoms with Gasteiger partial charge in [-0.2, -0.15) is 0 Å². The van der Waals surface area contributed by atoms with E-state index in [4.69, 9.17) is 0 Å². The van der Waals surface area contributed by atoms with Crippen molar-refractivity contribution in [1.82, 2.24) is 5.32 Å². The summed E-state index contributed by atoms with van der Waals surface area (Å²) in [5, 5.41) is 3.29. The van der Waals surface area contributed by atoms with E-state index in [1.807, 2.05) is 0 Å². The Morgan fingerprint density at radius 3 is 2.58 bits per heavy atom. The zero-order chi connectivity index (χ0) is 7.84. The van der Waals surface area contributed by atoms with Crippen molar-refractivity contribution in [2.75, 3.05) is 20.2 Å². The van der Waals surface area contributed by atoms with E-state index in [0.717, 1.165) is 24.9 Å². The third-order valence-electron chi connectivity index (χ3n) is 2.90. The lowest BCUT2D eigenvalue weighted by molar-refractivity contribution is -0.141. The van der Waals surface area contributed by atoms with Gasteiger partial charge in [0, 0.05) is 6.42 Å². The number of esters is 1. The number of halogens is 1. The van der Waals surface area contributed by atoms with Crippen LogP contribution in [0.5, 0.6) is 0 Å². The highest BCUT2D eigenvalue weighted by atomic mass is 35.5. The van der Waals surface area contributed by atoms with Crippen LogP contribution in [0.4, 0.5) is 0 Å². The van der Waals surface area contributed by atoms with E-state index in [1.165, 1.54) is 7.11 Å². The van der Waals surface area contributed by atoms with Gasteiger partial charge in [0.25, 0.3) is 0 Å². The van der Waals surface area contributed by atoms with Crippen LogP contribution in [0, 0.1) is 17.8 Å². The molecule has 0 aromatic rings. The maximum absolute atomic E-state index is 10.9. The average Bonchev–Trinajstić information content (AvgIpc) is 2.52. The Morgan fingerprint density at radius 1 is 1.50 bits per heavy atom. The van der Waals surface area contributed by atoms with Crippen molar-refractivity contribution in [3.8, 4) is 0 Å². The van der Waals surface area contributed by atoms with Crippen molar-refractivity contribution in [3.63, 3.8) is 0 Å². The molecule has 1 heterocycles. The molecule has 2 aliphatic rings. The number of carbonyl (C=O) groups excluding carboxylic acids is 1. The van der Waals surface area contributed by atoms with Crippen LogP contribution in [0.2, 0.25) is 0 Å². The Hall–Kier alpha value is -0.280. The quantitative estimate of drug-likeness (QED) is 0.644. The van der Waals surface area contributed by atoms with Gasteiger partial charge in [0.15, 0.2) is 0 Å². The molecule has 70 valence electrons. The molecule has 12 heavy (non-hydrogen) atoms. The summed E-state index contributed by atoms with van der Waals surface area (Å²) in [7, 11) is 1.46. The lowest BCUT2D eigenvalue weighted by atomic mass is 10.2. The van der Waals surface area contributed by atoms with Crippen LogP contribution >= 0.6 is 12.4 Å². The highest BCUT2D eigenvalue weighted by molar-refractivity contribution is 5.85. The Morgan fingerprint density at radius 2 is 2.08 bits per heavy atom. The molecule has 1 N–H and O–H groups in total. The molecule has 1 saturated carbocycles. The first-order valence-corrected chi connectivity index (χ1v) is 4.10. The number of ether oxygens (including phenoxy) is 1. The lowest BCUT2D eigenvalue weighted by Crippen LogP contribution is -2.16. The van der Waals surface area contributed by atoms with Gasteiger partial charge in [-0.05, 0) is 30.8 Å². The van der Waals surface area contributed by atoms with E-state index >= 15 is 0 Å². The summed E-state index contributed by atoms with van der Waals surface area (Å²) in [5.41, 5.74) is 0. The van der Waals surface area contributed by atoms with E-state index in [0.29, 0.717) is 12.3 Å². The molecule has 4 heteroatoms. The third-order valence-corrected chi connectivity index (χ3v) is 2.90. The van der Waals surface area contributed by atoms with E-state index in [2.05, 4.69) is 10.1 Å². The molecule has 0 amide bonds. The maximum atomic E-state index is 10.9. The fourth-order valence-electron chi connectivity index (χ4n) is 2.13. The molecular formula is C8H14ClNO2. The summed E-state index contributed by atoms with van der Waals surface area (Å²) in [6, 6.07) is 0. The fraction of sp³-hybridized carbons (Fsp3) is 0.875. The zero-order valence-corrected chi connectivity index (χ0v) is 7.89. The Balaban J connectivity index is 0.000000720. The second kappa shape index (κ2) is 3.62. The largest absolute Gasteiger partial charge is 0.469 e. The Bertz CT molecular complexity index is 176. The Labute approximate surface area is 78.3 Å². The molecule has 2 rings (SSSR count). The summed E-state index contributed by atoms with van der Waals surface area (Å²) >= 11 is 0. The number of nitrogens with one attached hydrogen (secondary N) is 1. The summed E-state index contributed by atoms with van der Waals surface area (Å²) in [5.74, 6) is 2.12. The number of hydrogen-bond acceptors (Lipinski definition) is 3. The number of rotatable bonds is 2. The first-order chi connectivity index (χ1) is 5.33. The molecule has 3 atom stereocenters. The van der Waals surface area contributed by atoms with Gasteiger partial charge < -0.3 is 10.1 Å². The van der Waals surface area contributed by atoms with Crippen molar-refractivity contribution in [2.24, 2.45) is 17.8 Å². The van der Waals surface area contributed by atoms with Gasteiger partial charge >= 0.3 is 5.97 Å². The average molecular weight is 192 g/mol. The molecule has 3 nitrogen and oxygen atoms in total. The van der Waals surface area contributed by atoms with Crippen molar-refractivity contribution < 1.29 is 9.53 Å². The predicted molar refractivity (Wildman–Crippen MR) is 47.2 cm³/mol. The summed E-state index contributed by atoms with van der Waals surface area (Å²) < 4.78 is 4.61. The molecule has 0 spiro atoms. The number of piperidine rings is 1. The topological polar surface area (TPSA) is 38.3 Å². The molecule has 2 fully saturated rings. The second-order valence-corrected chi connectivity index (χ2v) is 3.43. The molecule has 1 aliphatic heterocycles. The van der Waals surface area contributed by atoms with E-state index in [1.54, 1.807) is 0 Å². The van der Waals surface area contributed by atoms with Crippen LogP contribution in [-0.2, 0) is 9.53 Å². The van der Waals surface area contributed by atoms with Crippen LogP contribution < -0.4 is 5.32 Å². The minimum absolute atomic E-state index is 0. The predicted octanol–water partition coefficient (Wildman–Crippen LogP) is 0.437. The van der Waals surface area contributed by atoms with Crippen molar-refractivity contribution in [2.45, 2.75) is 6.42 Å². The molecule has 2 unspecified atom stereocenters. The fourth-order valence-corrected chi connectivity index (χ4v) is 2.13. The normalized spacial score (nSPS) is 36.6. The van der Waals surface area contributed by atoms with Crippen LogP contribution in [0.25, 0.3) is 0 Å². The molecular weight excluding hydrogens is 178 g/mol. The lowest BCUT2D eigenvalue weighted by Gasteiger charge is -2.01. The van der Waals surface area contributed by atoms with Crippen LogP contribution in [0.3, 0.4) is 0 Å². The van der Waals surface area contributed by atoms with E-state index in [9.17, 15) is 4.79 Å². The second-order valence-electron chi connectivity index (χ2n) is 3.43. The van der Waals surface area contributed by atoms with Crippen molar-refractivity contribution in [1.29, 1.82) is 0 Å². The van der Waals surface area contributed by atoms with Gasteiger partial charge in [-0.3, -0.25) is 4.79 Å². The molecule has 0 aromatic heterocycles. The van der Waals surface area contributed by atoms with Gasteiger partial charge in [-0.25, -0.2) is 0 Å². The van der Waals surface area contributed by atoms with Gasteiger partial charge in [0.05, 0.1) is 7.11 Å². The molecule has 0 aromatic carbocycles. The highest BCUT2D eigenvalue weighted by Gasteiger charge is 2.53. The van der Waals surface area contributed by atoms with Gasteiger partial charge in [0.1, 0.15) is 0 Å². The number of fused-ring (bicyclic) bond motifs is 1. The third kappa shape index (κ3) is 1.57. The Kier molecular flexibility index (Phi) is 2.96. The summed E-state index contributed by atoms with van der Waals surface area (Å²) in [6.07, 6.45) is 0.632. The maximum Gasteiger partial charge on any atom is 0.305 e. The number of hydrogen-bond donors (Lipinski definition) is 1. The molecule has 1 saturated heterocycles. The van der Waals surface area contributed by atoms with Gasteiger partial charge in [-0.15, -0.1) is 12.4 Å². The van der Waals surface area contributed by atoms with Crippen LogP contribution in [0.15, 0.2) is 0 Å². The minimum Gasteiger partial charge on any atom is -0.469 e. The van der Waals surface area contributed by atoms with Crippen LogP contribution in [0.1, 0.15) is 6.42 Å². The standard InChI is InChI=1S/C8H13NO2.ClH/c1-11-8(10)2-5-6-3-9-4-7(5)6;/h5-7,9H,2-4H2,1H3;1H/t5?,6-,7?;/m0./s1. The van der Waals surface area contributed by atoms with E-state index in [-0.39, 0.29) is 18.4 Å². The SMILES string of the molecule is COC(=O)CC1C2CNC[C@H]21.Cl. The van der Waals surface area contributed by atoms with Gasteiger partial charge in [0.2, 0.25) is 0 Å². The monoisotopic (exact) mass is 191 g/mol. The number of carbonyl (C=O) groups is 1. The zero-order valence-electron chi connectivity index (χ0n) is 7.08. The van der Waals surface area contributed by atoms with Crippen LogP contribution in [-0.4, -0.2) is 26.2 Å². The molecule has 1 aliphatic carbocycles. The van der Waals surface area contributed by atoms with E-state index < -0.39 is 0 Å².